The number of urea groups is 1. The number of carboxylic acids is 1. The van der Waals surface area contributed by atoms with Crippen molar-refractivity contribution in [3.63, 3.8) is 0 Å². The minimum Gasteiger partial charge on any atom is -0.480 e. The minimum absolute atomic E-state index is 0.0472. The number of nitrogens with zero attached hydrogens (tertiary/aromatic N) is 3. The zero-order chi connectivity index (χ0) is 14.0. The van der Waals surface area contributed by atoms with Gasteiger partial charge >= 0.3 is 12.0 Å². The number of nitriles is 1. The number of aliphatic hydroxyl groups is 1. The highest BCUT2D eigenvalue weighted by atomic mass is 16.4. The lowest BCUT2D eigenvalue weighted by atomic mass is 10.2. The van der Waals surface area contributed by atoms with Crippen LogP contribution in [0.1, 0.15) is 25.7 Å². The molecule has 1 aliphatic heterocycles. The highest BCUT2D eigenvalue weighted by Gasteiger charge is 2.43. The maximum atomic E-state index is 12.4. The summed E-state index contributed by atoms with van der Waals surface area (Å²) >= 11 is 0. The van der Waals surface area contributed by atoms with E-state index in [1.165, 1.54) is 4.90 Å². The highest BCUT2D eigenvalue weighted by molar-refractivity contribution is 5.83. The van der Waals surface area contributed by atoms with E-state index in [9.17, 15) is 14.7 Å². The summed E-state index contributed by atoms with van der Waals surface area (Å²) in [6.07, 6.45) is 1.30. The Morgan fingerprint density at radius 2 is 2.11 bits per heavy atom. The molecule has 1 heterocycles. The Bertz CT molecular complexity index is 416. The summed E-state index contributed by atoms with van der Waals surface area (Å²) in [7, 11) is 0. The Morgan fingerprint density at radius 1 is 1.42 bits per heavy atom. The standard InChI is InChI=1S/C12H17N3O4/c13-4-1-5-14(8-2-3-8)12(19)15-7-9(16)6-10(15)11(17)18/h8-10,16H,1-3,5-7H2,(H,17,18)/t9-,10-/m0/s1. The predicted octanol–water partition coefficient (Wildman–Crippen LogP) is 0.00428. The van der Waals surface area contributed by atoms with Crippen LogP contribution in [-0.2, 0) is 4.79 Å². The molecule has 7 heteroatoms. The smallest absolute Gasteiger partial charge is 0.326 e. The van der Waals surface area contributed by atoms with Crippen molar-refractivity contribution in [1.29, 1.82) is 5.26 Å². The summed E-state index contributed by atoms with van der Waals surface area (Å²) < 4.78 is 0. The van der Waals surface area contributed by atoms with Crippen LogP contribution < -0.4 is 0 Å². The van der Waals surface area contributed by atoms with Gasteiger partial charge in [0.1, 0.15) is 6.04 Å². The topological polar surface area (TPSA) is 105 Å². The van der Waals surface area contributed by atoms with Crippen LogP contribution in [0.2, 0.25) is 0 Å². The van der Waals surface area contributed by atoms with Crippen LogP contribution in [0.3, 0.4) is 0 Å². The molecule has 0 radical (unpaired) electrons. The molecule has 104 valence electrons. The van der Waals surface area contributed by atoms with Crippen molar-refractivity contribution >= 4 is 12.0 Å². The zero-order valence-electron chi connectivity index (χ0n) is 10.5. The van der Waals surface area contributed by atoms with Gasteiger partial charge in [-0.15, -0.1) is 0 Å². The van der Waals surface area contributed by atoms with Gasteiger partial charge in [-0.05, 0) is 12.8 Å². The molecule has 2 amide bonds. The molecule has 2 fully saturated rings. The number of rotatable bonds is 4. The predicted molar refractivity (Wildman–Crippen MR) is 64.1 cm³/mol. The van der Waals surface area contributed by atoms with Gasteiger partial charge in [-0.25, -0.2) is 9.59 Å². The molecule has 0 aromatic carbocycles. The van der Waals surface area contributed by atoms with Crippen LogP contribution >= 0.6 is 0 Å². The van der Waals surface area contributed by atoms with Crippen LogP contribution in [0, 0.1) is 11.3 Å². The molecule has 7 nitrogen and oxygen atoms in total. The van der Waals surface area contributed by atoms with Gasteiger partial charge in [-0.3, -0.25) is 0 Å². The number of β-amino-alcohol motifs (C(OH)–C–C–N with tert-alkyl or cyclic N) is 1. The van der Waals surface area contributed by atoms with Gasteiger partial charge in [0, 0.05) is 25.6 Å². The Morgan fingerprint density at radius 3 is 2.63 bits per heavy atom. The van der Waals surface area contributed by atoms with E-state index in [1.807, 2.05) is 6.07 Å². The Kier molecular flexibility index (Phi) is 3.90. The number of aliphatic hydroxyl groups excluding tert-OH is 1. The summed E-state index contributed by atoms with van der Waals surface area (Å²) in [5, 5.41) is 27.2. The van der Waals surface area contributed by atoms with Crippen LogP contribution in [0.25, 0.3) is 0 Å². The molecule has 2 rings (SSSR count). The molecule has 1 saturated heterocycles. The van der Waals surface area contributed by atoms with Gasteiger partial charge in [0.05, 0.1) is 18.6 Å². The molecule has 2 atom stereocenters. The number of hydrogen-bond donors (Lipinski definition) is 2. The monoisotopic (exact) mass is 267 g/mol. The summed E-state index contributed by atoms with van der Waals surface area (Å²) in [5.74, 6) is -1.10. The summed E-state index contributed by atoms with van der Waals surface area (Å²) in [6.45, 7) is 0.366. The number of hydrogen-bond acceptors (Lipinski definition) is 4. The van der Waals surface area contributed by atoms with Crippen molar-refractivity contribution in [1.82, 2.24) is 9.80 Å². The maximum absolute atomic E-state index is 12.4. The van der Waals surface area contributed by atoms with E-state index in [2.05, 4.69) is 0 Å². The molecule has 0 bridgehead atoms. The molecule has 2 N–H and O–H groups in total. The molecule has 2 aliphatic rings. The molecule has 1 aliphatic carbocycles. The second kappa shape index (κ2) is 5.45. The van der Waals surface area contributed by atoms with Crippen molar-refractivity contribution in [2.24, 2.45) is 0 Å². The third-order valence-electron chi connectivity index (χ3n) is 3.51. The maximum Gasteiger partial charge on any atom is 0.326 e. The van der Waals surface area contributed by atoms with E-state index in [0.717, 1.165) is 12.8 Å². The van der Waals surface area contributed by atoms with E-state index in [-0.39, 0.29) is 31.5 Å². The van der Waals surface area contributed by atoms with Crippen molar-refractivity contribution < 1.29 is 19.8 Å². The average molecular weight is 267 g/mol. The number of carbonyl (C=O) groups is 2. The van der Waals surface area contributed by atoms with Gasteiger partial charge in [-0.1, -0.05) is 0 Å². The van der Waals surface area contributed by atoms with Crippen LogP contribution in [0.4, 0.5) is 4.79 Å². The number of carbonyl (C=O) groups excluding carboxylic acids is 1. The van der Waals surface area contributed by atoms with Crippen molar-refractivity contribution in [2.45, 2.75) is 43.9 Å². The van der Waals surface area contributed by atoms with Crippen LogP contribution in [0.15, 0.2) is 0 Å². The second-order valence-electron chi connectivity index (χ2n) is 5.01. The summed E-state index contributed by atoms with van der Waals surface area (Å²) in [5.41, 5.74) is 0. The average Bonchev–Trinajstić information content (AvgIpc) is 3.11. The fourth-order valence-corrected chi connectivity index (χ4v) is 2.42. The largest absolute Gasteiger partial charge is 0.480 e. The number of carboxylic acid groups (broad SMARTS) is 1. The molecule has 1 saturated carbocycles. The van der Waals surface area contributed by atoms with Crippen molar-refractivity contribution in [2.75, 3.05) is 13.1 Å². The SMILES string of the molecule is N#CCCN(C(=O)N1C[C@@H](O)C[C@H]1C(=O)O)C1CC1. The Labute approximate surface area is 111 Å². The molecular weight excluding hydrogens is 250 g/mol. The second-order valence-corrected chi connectivity index (χ2v) is 5.01. The number of likely N-dealkylation sites (tertiary alicyclic amines) is 1. The van der Waals surface area contributed by atoms with Gasteiger partial charge in [0.2, 0.25) is 0 Å². The third-order valence-corrected chi connectivity index (χ3v) is 3.51. The Balaban J connectivity index is 2.07. The first-order chi connectivity index (χ1) is 9.04. The van der Waals surface area contributed by atoms with Gasteiger partial charge in [0.25, 0.3) is 0 Å². The minimum atomic E-state index is -1.10. The van der Waals surface area contributed by atoms with Gasteiger partial charge in [-0.2, -0.15) is 5.26 Å². The number of amides is 2. The van der Waals surface area contributed by atoms with E-state index < -0.39 is 18.1 Å². The first-order valence-electron chi connectivity index (χ1n) is 6.39. The zero-order valence-corrected chi connectivity index (χ0v) is 10.5. The van der Waals surface area contributed by atoms with Crippen molar-refractivity contribution in [3.8, 4) is 6.07 Å². The summed E-state index contributed by atoms with van der Waals surface area (Å²) in [4.78, 5) is 26.2. The molecule has 0 aromatic heterocycles. The lowest BCUT2D eigenvalue weighted by Crippen LogP contribution is -2.49. The first-order valence-corrected chi connectivity index (χ1v) is 6.39. The first kappa shape index (κ1) is 13.6. The van der Waals surface area contributed by atoms with Crippen LogP contribution in [-0.4, -0.2) is 63.3 Å². The molecule has 0 unspecified atom stereocenters. The number of aliphatic carboxylic acids is 1. The fraction of sp³-hybridized carbons (Fsp3) is 0.750. The van der Waals surface area contributed by atoms with Gasteiger partial charge < -0.3 is 20.0 Å². The summed E-state index contributed by atoms with van der Waals surface area (Å²) in [6, 6.07) is 0.769. The highest BCUT2D eigenvalue weighted by Crippen LogP contribution is 2.30. The van der Waals surface area contributed by atoms with E-state index in [1.54, 1.807) is 4.90 Å². The van der Waals surface area contributed by atoms with Crippen molar-refractivity contribution in [3.05, 3.63) is 0 Å². The van der Waals surface area contributed by atoms with E-state index in [4.69, 9.17) is 10.4 Å². The molecule has 0 aromatic rings. The lowest BCUT2D eigenvalue weighted by molar-refractivity contribution is -0.141. The third kappa shape index (κ3) is 2.96. The molecule has 19 heavy (non-hydrogen) atoms. The fourth-order valence-electron chi connectivity index (χ4n) is 2.42. The van der Waals surface area contributed by atoms with E-state index >= 15 is 0 Å². The van der Waals surface area contributed by atoms with Gasteiger partial charge in [0.15, 0.2) is 0 Å². The quantitative estimate of drug-likeness (QED) is 0.746. The normalized spacial score (nSPS) is 26.0. The lowest BCUT2D eigenvalue weighted by Gasteiger charge is -2.29. The molecule has 0 spiro atoms. The Hall–Kier alpha value is -1.81. The van der Waals surface area contributed by atoms with Crippen LogP contribution in [0.5, 0.6) is 0 Å². The van der Waals surface area contributed by atoms with E-state index in [0.29, 0.717) is 6.54 Å². The molecular formula is C12H17N3O4.